The van der Waals surface area contributed by atoms with E-state index < -0.39 is 20.6 Å². The standard InChI is InChI=1S/C15H21N3O5S/c1-11(2)16-15(19)12-7-9-17(10-8-12)24(22,23)14-6-4-3-5-13(14)18(20)21/h3-6,11-12H,7-10H2,1-2H3,(H,16,19). The van der Waals surface area contributed by atoms with E-state index in [1.807, 2.05) is 13.8 Å². The maximum atomic E-state index is 12.7. The van der Waals surface area contributed by atoms with E-state index in [1.54, 1.807) is 0 Å². The Morgan fingerprint density at radius 3 is 2.42 bits per heavy atom. The van der Waals surface area contributed by atoms with E-state index in [4.69, 9.17) is 0 Å². The number of amides is 1. The van der Waals surface area contributed by atoms with Crippen LogP contribution in [0, 0.1) is 16.0 Å². The lowest BCUT2D eigenvalue weighted by Gasteiger charge is -2.30. The number of sulfonamides is 1. The average Bonchev–Trinajstić information content (AvgIpc) is 2.54. The molecule has 0 aromatic heterocycles. The van der Waals surface area contributed by atoms with Gasteiger partial charge in [-0.3, -0.25) is 14.9 Å². The minimum absolute atomic E-state index is 0.0335. The second-order valence-corrected chi connectivity index (χ2v) is 7.97. The van der Waals surface area contributed by atoms with E-state index in [-0.39, 0.29) is 35.9 Å². The van der Waals surface area contributed by atoms with Crippen molar-refractivity contribution >= 4 is 21.6 Å². The molecule has 1 aliphatic heterocycles. The van der Waals surface area contributed by atoms with Gasteiger partial charge in [-0.05, 0) is 32.8 Å². The zero-order chi connectivity index (χ0) is 17.9. The maximum Gasteiger partial charge on any atom is 0.289 e. The van der Waals surface area contributed by atoms with E-state index in [2.05, 4.69) is 5.32 Å². The number of piperidine rings is 1. The van der Waals surface area contributed by atoms with Gasteiger partial charge < -0.3 is 5.32 Å². The molecule has 0 unspecified atom stereocenters. The highest BCUT2D eigenvalue weighted by molar-refractivity contribution is 7.89. The molecule has 1 aliphatic rings. The quantitative estimate of drug-likeness (QED) is 0.636. The third kappa shape index (κ3) is 3.90. The summed E-state index contributed by atoms with van der Waals surface area (Å²) in [5.41, 5.74) is -0.433. The third-order valence-corrected chi connectivity index (χ3v) is 5.88. The number of carbonyl (C=O) groups excluding carboxylic acids is 1. The first-order valence-electron chi connectivity index (χ1n) is 7.77. The van der Waals surface area contributed by atoms with E-state index in [9.17, 15) is 23.3 Å². The minimum Gasteiger partial charge on any atom is -0.354 e. The number of nitrogens with zero attached hydrogens (tertiary/aromatic N) is 2. The molecule has 2 rings (SSSR count). The van der Waals surface area contributed by atoms with Crippen molar-refractivity contribution < 1.29 is 18.1 Å². The van der Waals surface area contributed by atoms with Crippen molar-refractivity contribution in [2.24, 2.45) is 5.92 Å². The van der Waals surface area contributed by atoms with Crippen molar-refractivity contribution in [2.75, 3.05) is 13.1 Å². The summed E-state index contributed by atoms with van der Waals surface area (Å²) in [7, 11) is -3.95. The number of hydrogen-bond acceptors (Lipinski definition) is 5. The summed E-state index contributed by atoms with van der Waals surface area (Å²) in [4.78, 5) is 22.1. The van der Waals surface area contributed by atoms with Crippen LogP contribution < -0.4 is 5.32 Å². The maximum absolute atomic E-state index is 12.7. The van der Waals surface area contributed by atoms with Gasteiger partial charge >= 0.3 is 0 Å². The second-order valence-electron chi connectivity index (χ2n) is 6.07. The first kappa shape index (κ1) is 18.3. The van der Waals surface area contributed by atoms with Gasteiger partial charge in [0.15, 0.2) is 4.90 Å². The number of carbonyl (C=O) groups is 1. The Bertz CT molecular complexity index is 724. The molecule has 8 nitrogen and oxygen atoms in total. The van der Waals surface area contributed by atoms with Crippen LogP contribution in [0.3, 0.4) is 0 Å². The van der Waals surface area contributed by atoms with Crippen molar-refractivity contribution in [1.29, 1.82) is 0 Å². The van der Waals surface area contributed by atoms with Gasteiger partial charge in [-0.2, -0.15) is 4.31 Å². The fourth-order valence-electron chi connectivity index (χ4n) is 2.73. The molecule has 0 bridgehead atoms. The number of hydrogen-bond donors (Lipinski definition) is 1. The van der Waals surface area contributed by atoms with Crippen molar-refractivity contribution in [3.63, 3.8) is 0 Å². The predicted molar refractivity (Wildman–Crippen MR) is 87.9 cm³/mol. The number of nitro benzene ring substituents is 1. The summed E-state index contributed by atoms with van der Waals surface area (Å²) >= 11 is 0. The molecular weight excluding hydrogens is 334 g/mol. The zero-order valence-electron chi connectivity index (χ0n) is 13.6. The third-order valence-electron chi connectivity index (χ3n) is 3.94. The molecule has 24 heavy (non-hydrogen) atoms. The highest BCUT2D eigenvalue weighted by atomic mass is 32.2. The Labute approximate surface area is 141 Å². The van der Waals surface area contributed by atoms with Gasteiger partial charge in [0.05, 0.1) is 4.92 Å². The molecule has 1 amide bonds. The zero-order valence-corrected chi connectivity index (χ0v) is 14.5. The van der Waals surface area contributed by atoms with Gasteiger partial charge in [0.1, 0.15) is 0 Å². The van der Waals surface area contributed by atoms with Crippen LogP contribution in [0.1, 0.15) is 26.7 Å². The molecule has 0 spiro atoms. The first-order valence-corrected chi connectivity index (χ1v) is 9.21. The largest absolute Gasteiger partial charge is 0.354 e. The van der Waals surface area contributed by atoms with Crippen molar-refractivity contribution in [2.45, 2.75) is 37.6 Å². The average molecular weight is 355 g/mol. The van der Waals surface area contributed by atoms with Crippen LogP contribution in [0.25, 0.3) is 0 Å². The summed E-state index contributed by atoms with van der Waals surface area (Å²) in [5, 5.41) is 13.9. The minimum atomic E-state index is -3.95. The van der Waals surface area contributed by atoms with Crippen LogP contribution in [-0.2, 0) is 14.8 Å². The Morgan fingerprint density at radius 1 is 1.29 bits per heavy atom. The van der Waals surface area contributed by atoms with Crippen molar-refractivity contribution in [3.8, 4) is 0 Å². The number of nitro groups is 1. The number of nitrogens with one attached hydrogen (secondary N) is 1. The summed E-state index contributed by atoms with van der Waals surface area (Å²) < 4.78 is 26.6. The Morgan fingerprint density at radius 2 is 1.88 bits per heavy atom. The highest BCUT2D eigenvalue weighted by Gasteiger charge is 2.35. The van der Waals surface area contributed by atoms with Crippen LogP contribution in [-0.4, -0.2) is 42.7 Å². The predicted octanol–water partition coefficient (Wildman–Crippen LogP) is 1.52. The van der Waals surface area contributed by atoms with Crippen LogP contribution in [0.4, 0.5) is 5.69 Å². The first-order chi connectivity index (χ1) is 11.2. The van der Waals surface area contributed by atoms with Crippen molar-refractivity contribution in [3.05, 3.63) is 34.4 Å². The molecule has 0 aliphatic carbocycles. The number of para-hydroxylation sites is 1. The lowest BCUT2D eigenvalue weighted by molar-refractivity contribution is -0.387. The monoisotopic (exact) mass is 355 g/mol. The molecule has 1 aromatic carbocycles. The summed E-state index contributed by atoms with van der Waals surface area (Å²) in [6, 6.07) is 5.34. The van der Waals surface area contributed by atoms with E-state index in [0.717, 1.165) is 0 Å². The van der Waals surface area contributed by atoms with Gasteiger partial charge in [-0.25, -0.2) is 8.42 Å². The molecule has 1 heterocycles. The molecular formula is C15H21N3O5S. The molecule has 9 heteroatoms. The van der Waals surface area contributed by atoms with Gasteiger partial charge in [0.2, 0.25) is 15.9 Å². The smallest absolute Gasteiger partial charge is 0.289 e. The van der Waals surface area contributed by atoms with Crippen LogP contribution in [0.2, 0.25) is 0 Å². The highest BCUT2D eigenvalue weighted by Crippen LogP contribution is 2.29. The molecule has 1 fully saturated rings. The topological polar surface area (TPSA) is 110 Å². The lowest BCUT2D eigenvalue weighted by Crippen LogP contribution is -2.44. The fraction of sp³-hybridized carbons (Fsp3) is 0.533. The molecule has 0 atom stereocenters. The summed E-state index contributed by atoms with van der Waals surface area (Å²) in [5.74, 6) is -0.308. The fourth-order valence-corrected chi connectivity index (χ4v) is 4.35. The van der Waals surface area contributed by atoms with E-state index in [0.29, 0.717) is 12.8 Å². The van der Waals surface area contributed by atoms with Crippen LogP contribution >= 0.6 is 0 Å². The molecule has 0 saturated carbocycles. The molecule has 132 valence electrons. The van der Waals surface area contributed by atoms with E-state index >= 15 is 0 Å². The van der Waals surface area contributed by atoms with Gasteiger partial charge in [-0.15, -0.1) is 0 Å². The Balaban J connectivity index is 2.14. The molecule has 0 radical (unpaired) electrons. The summed E-state index contributed by atoms with van der Waals surface area (Å²) in [6.07, 6.45) is 0.802. The number of rotatable bonds is 5. The number of benzene rings is 1. The van der Waals surface area contributed by atoms with Gasteiger partial charge in [-0.1, -0.05) is 12.1 Å². The SMILES string of the molecule is CC(C)NC(=O)C1CCN(S(=O)(=O)c2ccccc2[N+](=O)[O-])CC1. The van der Waals surface area contributed by atoms with E-state index in [1.165, 1.54) is 28.6 Å². The van der Waals surface area contributed by atoms with Crippen LogP contribution in [0.15, 0.2) is 29.2 Å². The van der Waals surface area contributed by atoms with Gasteiger partial charge in [0, 0.05) is 31.1 Å². The van der Waals surface area contributed by atoms with Crippen molar-refractivity contribution in [1.82, 2.24) is 9.62 Å². The van der Waals surface area contributed by atoms with Gasteiger partial charge in [0.25, 0.3) is 5.69 Å². The Hall–Kier alpha value is -2.00. The Kier molecular flexibility index (Phi) is 5.55. The second kappa shape index (κ2) is 7.27. The normalized spacial score (nSPS) is 17.0. The molecule has 1 saturated heterocycles. The molecule has 1 N–H and O–H groups in total. The lowest BCUT2D eigenvalue weighted by atomic mass is 9.97. The summed E-state index contributed by atoms with van der Waals surface area (Å²) in [6.45, 7) is 4.08. The molecule has 1 aromatic rings. The van der Waals surface area contributed by atoms with Crippen LogP contribution in [0.5, 0.6) is 0 Å².